The fourth-order valence-electron chi connectivity index (χ4n) is 0.650. The molecule has 1 aliphatic carbocycles. The summed E-state index contributed by atoms with van der Waals surface area (Å²) in [5.41, 5.74) is 2.71. The first-order valence-electron chi connectivity index (χ1n) is 2.55. The van der Waals surface area contributed by atoms with Crippen LogP contribution in [-0.2, 0) is 17.1 Å². The first kappa shape index (κ1) is 8.00. The maximum Gasteiger partial charge on any atom is 0 e. The predicted molar refractivity (Wildman–Crippen MR) is 30.8 cm³/mol. The number of hydrogen-bond acceptors (Lipinski definition) is 0. The minimum absolute atomic E-state index is 0. The molecule has 1 aliphatic rings. The average Bonchev–Trinajstić information content (AvgIpc) is 1.91. The fourth-order valence-corrected chi connectivity index (χ4v) is 0.650. The summed E-state index contributed by atoms with van der Waals surface area (Å²) in [7, 11) is 0. The molecule has 0 spiro atoms. The van der Waals surface area contributed by atoms with Gasteiger partial charge >= 0.3 is 0 Å². The Hall–Kier alpha value is -0.000519. The van der Waals surface area contributed by atoms with Crippen LogP contribution in [0.25, 0.3) is 0 Å². The molecule has 1 heteroatoms. The van der Waals surface area contributed by atoms with E-state index in [1.807, 2.05) is 0 Å². The van der Waals surface area contributed by atoms with Crippen molar-refractivity contribution < 1.29 is 17.1 Å². The van der Waals surface area contributed by atoms with Crippen molar-refractivity contribution in [3.8, 4) is 0 Å². The van der Waals surface area contributed by atoms with Gasteiger partial charge in [-0.15, -0.1) is 13.3 Å². The molecule has 0 saturated heterocycles. The molecule has 0 amide bonds. The maximum absolute atomic E-state index is 3.19. The first-order valence-corrected chi connectivity index (χ1v) is 2.55. The van der Waals surface area contributed by atoms with E-state index in [0.29, 0.717) is 0 Å². The van der Waals surface area contributed by atoms with Crippen molar-refractivity contribution in [3.63, 3.8) is 0 Å². The van der Waals surface area contributed by atoms with Gasteiger partial charge in [-0.2, -0.15) is 6.08 Å². The molecule has 0 radical (unpaired) electrons. The van der Waals surface area contributed by atoms with E-state index in [9.17, 15) is 0 Å². The first-order chi connectivity index (χ1) is 3.30. The molecule has 0 N–H and O–H groups in total. The Morgan fingerprint density at radius 3 is 2.25 bits per heavy atom. The molecule has 0 aromatic carbocycles. The quantitative estimate of drug-likeness (QED) is 0.365. The van der Waals surface area contributed by atoms with Crippen molar-refractivity contribution in [1.82, 2.24) is 0 Å². The van der Waals surface area contributed by atoms with Gasteiger partial charge in [0.15, 0.2) is 0 Å². The van der Waals surface area contributed by atoms with Gasteiger partial charge in [-0.05, 0) is 0 Å². The third-order valence-corrected chi connectivity index (χ3v) is 1.37. The van der Waals surface area contributed by atoms with Gasteiger partial charge in [-0.25, -0.2) is 11.1 Å². The monoisotopic (exact) mass is 149 g/mol. The van der Waals surface area contributed by atoms with Crippen LogP contribution < -0.4 is 0 Å². The summed E-state index contributed by atoms with van der Waals surface area (Å²) in [6.45, 7) is 4.22. The van der Waals surface area contributed by atoms with Crippen molar-refractivity contribution in [2.24, 2.45) is 0 Å². The largest absolute Gasteiger partial charge is 0.270 e. The standard InChI is InChI=1S/C7H9.Fe/c1-6-4-3-5-7(6)2;/h4H,3H2,1-2H3;/q-1;. The molecule has 8 heavy (non-hydrogen) atoms. The van der Waals surface area contributed by atoms with Crippen LogP contribution in [0, 0.1) is 6.08 Å². The summed E-state index contributed by atoms with van der Waals surface area (Å²) in [5.74, 6) is 0. The molecule has 0 unspecified atom stereocenters. The van der Waals surface area contributed by atoms with Crippen molar-refractivity contribution in [1.29, 1.82) is 0 Å². The topological polar surface area (TPSA) is 0 Å². The molecular weight excluding hydrogens is 140 g/mol. The predicted octanol–water partition coefficient (Wildman–Crippen LogP) is 2.08. The molecule has 0 aromatic rings. The van der Waals surface area contributed by atoms with Crippen molar-refractivity contribution >= 4 is 0 Å². The molecule has 0 atom stereocenters. The van der Waals surface area contributed by atoms with Gasteiger partial charge in [0.05, 0.1) is 0 Å². The molecule has 0 aliphatic heterocycles. The van der Waals surface area contributed by atoms with Gasteiger partial charge in [0.1, 0.15) is 0 Å². The molecular formula is C7H9Fe-. The molecule has 0 nitrogen and oxygen atoms in total. The van der Waals surface area contributed by atoms with Crippen LogP contribution in [0.3, 0.4) is 0 Å². The zero-order valence-corrected chi connectivity index (χ0v) is 6.24. The van der Waals surface area contributed by atoms with E-state index in [1.54, 1.807) is 0 Å². The van der Waals surface area contributed by atoms with Gasteiger partial charge < -0.3 is 0 Å². The third kappa shape index (κ3) is 1.50. The zero-order valence-electron chi connectivity index (χ0n) is 5.14. The maximum atomic E-state index is 3.19. The number of hydrogen-bond donors (Lipinski definition) is 0. The molecule has 0 bridgehead atoms. The Morgan fingerprint density at radius 2 is 2.12 bits per heavy atom. The number of rotatable bonds is 0. The summed E-state index contributed by atoms with van der Waals surface area (Å²) in [5, 5.41) is 0. The van der Waals surface area contributed by atoms with E-state index in [-0.39, 0.29) is 17.1 Å². The normalized spacial score (nSPS) is 16.8. The summed E-state index contributed by atoms with van der Waals surface area (Å²) in [6.07, 6.45) is 6.41. The Labute approximate surface area is 61.1 Å². The van der Waals surface area contributed by atoms with Gasteiger partial charge in [-0.3, -0.25) is 6.08 Å². The Balaban J connectivity index is 0.000000490. The van der Waals surface area contributed by atoms with Crippen molar-refractivity contribution in [3.05, 3.63) is 23.3 Å². The van der Waals surface area contributed by atoms with Gasteiger partial charge in [-0.1, -0.05) is 6.92 Å². The molecule has 0 heterocycles. The van der Waals surface area contributed by atoms with E-state index in [4.69, 9.17) is 0 Å². The van der Waals surface area contributed by atoms with E-state index in [0.717, 1.165) is 6.42 Å². The Morgan fingerprint density at radius 1 is 1.50 bits per heavy atom. The third-order valence-electron chi connectivity index (χ3n) is 1.37. The van der Waals surface area contributed by atoms with Gasteiger partial charge in [0.2, 0.25) is 0 Å². The molecule has 0 fully saturated rings. The van der Waals surface area contributed by atoms with E-state index >= 15 is 0 Å². The molecule has 1 rings (SSSR count). The molecule has 0 aromatic heterocycles. The summed E-state index contributed by atoms with van der Waals surface area (Å²) < 4.78 is 0. The second-order valence-electron chi connectivity index (χ2n) is 1.89. The average molecular weight is 149 g/mol. The zero-order chi connectivity index (χ0) is 5.28. The van der Waals surface area contributed by atoms with Crippen molar-refractivity contribution in [2.45, 2.75) is 20.3 Å². The van der Waals surface area contributed by atoms with E-state index in [2.05, 4.69) is 26.0 Å². The van der Waals surface area contributed by atoms with Crippen LogP contribution in [0.4, 0.5) is 0 Å². The summed E-state index contributed by atoms with van der Waals surface area (Å²) >= 11 is 0. The van der Waals surface area contributed by atoms with Crippen LogP contribution in [0.2, 0.25) is 0 Å². The van der Waals surface area contributed by atoms with Crippen LogP contribution in [0.5, 0.6) is 0 Å². The van der Waals surface area contributed by atoms with Crippen LogP contribution >= 0.6 is 0 Å². The summed E-state index contributed by atoms with van der Waals surface area (Å²) in [6, 6.07) is 0. The van der Waals surface area contributed by atoms with Crippen molar-refractivity contribution in [2.75, 3.05) is 0 Å². The SMILES string of the molecule is CC1=[C-]CC=C1C.[Fe]. The minimum atomic E-state index is 0. The van der Waals surface area contributed by atoms with E-state index in [1.165, 1.54) is 11.1 Å². The van der Waals surface area contributed by atoms with Crippen LogP contribution in [-0.4, -0.2) is 0 Å². The molecule has 46 valence electrons. The smallest absolute Gasteiger partial charge is 0 e. The Kier molecular flexibility index (Phi) is 3.11. The minimum Gasteiger partial charge on any atom is -0.270 e. The second kappa shape index (κ2) is 3.11. The number of allylic oxidation sites excluding steroid dienone is 4. The van der Waals surface area contributed by atoms with Gasteiger partial charge in [0, 0.05) is 17.1 Å². The molecule has 0 saturated carbocycles. The van der Waals surface area contributed by atoms with Crippen LogP contribution in [0.15, 0.2) is 17.2 Å². The van der Waals surface area contributed by atoms with E-state index < -0.39 is 0 Å². The van der Waals surface area contributed by atoms with Gasteiger partial charge in [0.25, 0.3) is 0 Å². The second-order valence-corrected chi connectivity index (χ2v) is 1.89. The Bertz CT molecular complexity index is 115. The fraction of sp³-hybridized carbons (Fsp3) is 0.429. The summed E-state index contributed by atoms with van der Waals surface area (Å²) in [4.78, 5) is 0. The van der Waals surface area contributed by atoms with Crippen LogP contribution in [0.1, 0.15) is 20.3 Å².